The van der Waals surface area contributed by atoms with Gasteiger partial charge in [0.2, 0.25) is 5.91 Å². The van der Waals surface area contributed by atoms with Crippen LogP contribution in [0.4, 0.5) is 0 Å². The third-order valence-corrected chi connectivity index (χ3v) is 2.42. The number of nitrogens with one attached hydrogen (secondary N) is 1. The number of hydrogen-bond acceptors (Lipinski definition) is 3. The summed E-state index contributed by atoms with van der Waals surface area (Å²) in [5.41, 5.74) is 5.53. The maximum absolute atomic E-state index is 11.4. The van der Waals surface area contributed by atoms with Crippen molar-refractivity contribution in [3.8, 4) is 0 Å². The Labute approximate surface area is 97.3 Å². The minimum Gasteiger partial charge on any atom is -0.376 e. The van der Waals surface area contributed by atoms with Crippen molar-refractivity contribution in [2.45, 2.75) is 51.3 Å². The van der Waals surface area contributed by atoms with Crippen LogP contribution in [0.25, 0.3) is 0 Å². The summed E-state index contributed by atoms with van der Waals surface area (Å²) >= 11 is 0. The van der Waals surface area contributed by atoms with Gasteiger partial charge in [-0.15, -0.1) is 12.4 Å². The van der Waals surface area contributed by atoms with Crippen LogP contribution >= 0.6 is 12.4 Å². The second kappa shape index (κ2) is 7.04. The predicted molar refractivity (Wildman–Crippen MR) is 62.1 cm³/mol. The Balaban J connectivity index is 0.00000196. The van der Waals surface area contributed by atoms with Crippen LogP contribution in [0, 0.1) is 0 Å². The minimum atomic E-state index is -0.0771. The van der Waals surface area contributed by atoms with Crippen molar-refractivity contribution in [3.63, 3.8) is 0 Å². The highest BCUT2D eigenvalue weighted by molar-refractivity contribution is 5.85. The maximum atomic E-state index is 11.4. The Morgan fingerprint density at radius 1 is 1.60 bits per heavy atom. The summed E-state index contributed by atoms with van der Waals surface area (Å²) in [6.07, 6.45) is 2.71. The first-order valence-corrected chi connectivity index (χ1v) is 5.26. The fourth-order valence-electron chi connectivity index (χ4n) is 1.70. The van der Waals surface area contributed by atoms with Gasteiger partial charge in [-0.2, -0.15) is 0 Å². The number of halogens is 1. The first-order chi connectivity index (χ1) is 6.59. The molecule has 1 rings (SSSR count). The Hall–Kier alpha value is -0.320. The van der Waals surface area contributed by atoms with E-state index < -0.39 is 0 Å². The van der Waals surface area contributed by atoms with E-state index in [0.717, 1.165) is 19.4 Å². The lowest BCUT2D eigenvalue weighted by molar-refractivity contribution is -0.122. The van der Waals surface area contributed by atoms with E-state index in [2.05, 4.69) is 5.32 Å². The summed E-state index contributed by atoms with van der Waals surface area (Å²) in [4.78, 5) is 11.4. The van der Waals surface area contributed by atoms with E-state index in [4.69, 9.17) is 10.5 Å². The van der Waals surface area contributed by atoms with Crippen LogP contribution in [0.5, 0.6) is 0 Å². The van der Waals surface area contributed by atoms with Gasteiger partial charge < -0.3 is 15.8 Å². The highest BCUT2D eigenvalue weighted by Crippen LogP contribution is 2.15. The topological polar surface area (TPSA) is 64.4 Å². The fourth-order valence-corrected chi connectivity index (χ4v) is 1.70. The van der Waals surface area contributed by atoms with E-state index in [-0.39, 0.29) is 36.5 Å². The van der Waals surface area contributed by atoms with Crippen molar-refractivity contribution in [1.29, 1.82) is 0 Å². The predicted octanol–water partition coefficient (Wildman–Crippen LogP) is 0.829. The number of rotatable bonds is 4. The van der Waals surface area contributed by atoms with Crippen molar-refractivity contribution >= 4 is 18.3 Å². The van der Waals surface area contributed by atoms with Gasteiger partial charge in [-0.25, -0.2) is 0 Å². The summed E-state index contributed by atoms with van der Waals surface area (Å²) in [6, 6.07) is 0.0236. The number of hydrogen-bond donors (Lipinski definition) is 2. The van der Waals surface area contributed by atoms with Gasteiger partial charge in [-0.3, -0.25) is 4.79 Å². The molecule has 90 valence electrons. The number of ether oxygens (including phenoxy) is 1. The van der Waals surface area contributed by atoms with Crippen molar-refractivity contribution in [1.82, 2.24) is 5.32 Å². The lowest BCUT2D eigenvalue weighted by atomic mass is 10.1. The molecule has 0 spiro atoms. The van der Waals surface area contributed by atoms with Crippen molar-refractivity contribution in [2.24, 2.45) is 5.73 Å². The quantitative estimate of drug-likeness (QED) is 0.760. The van der Waals surface area contributed by atoms with Gasteiger partial charge in [-0.05, 0) is 26.7 Å². The average Bonchev–Trinajstić information content (AvgIpc) is 2.53. The standard InChI is InChI=1S/C10H20N2O2.ClH/c1-7(11)6-10(13)12-8(2)9-4-3-5-14-9;/h7-9H,3-6,11H2,1-2H3,(H,12,13);1H. The van der Waals surface area contributed by atoms with Crippen LogP contribution in [-0.2, 0) is 9.53 Å². The maximum Gasteiger partial charge on any atom is 0.221 e. The number of nitrogens with two attached hydrogens (primary N) is 1. The molecular formula is C10H21ClN2O2. The van der Waals surface area contributed by atoms with Crippen molar-refractivity contribution in [2.75, 3.05) is 6.61 Å². The second-order valence-corrected chi connectivity index (χ2v) is 4.09. The SMILES string of the molecule is CC(N)CC(=O)NC(C)C1CCCO1.Cl. The van der Waals surface area contributed by atoms with E-state index in [1.807, 2.05) is 13.8 Å². The van der Waals surface area contributed by atoms with Gasteiger partial charge in [0.1, 0.15) is 0 Å². The van der Waals surface area contributed by atoms with E-state index in [1.54, 1.807) is 0 Å². The molecule has 3 atom stereocenters. The molecule has 3 N–H and O–H groups in total. The second-order valence-electron chi connectivity index (χ2n) is 4.09. The molecular weight excluding hydrogens is 216 g/mol. The fraction of sp³-hybridized carbons (Fsp3) is 0.900. The summed E-state index contributed by atoms with van der Waals surface area (Å²) in [7, 11) is 0. The van der Waals surface area contributed by atoms with E-state index in [0.29, 0.717) is 6.42 Å². The summed E-state index contributed by atoms with van der Waals surface area (Å²) < 4.78 is 5.47. The average molecular weight is 237 g/mol. The molecule has 1 amide bonds. The van der Waals surface area contributed by atoms with Crippen molar-refractivity contribution < 1.29 is 9.53 Å². The molecule has 3 unspecified atom stereocenters. The van der Waals surface area contributed by atoms with Crippen LogP contribution < -0.4 is 11.1 Å². The zero-order valence-corrected chi connectivity index (χ0v) is 10.2. The Kier molecular flexibility index (Phi) is 6.89. The van der Waals surface area contributed by atoms with E-state index in [9.17, 15) is 4.79 Å². The van der Waals surface area contributed by atoms with Gasteiger partial charge >= 0.3 is 0 Å². The van der Waals surface area contributed by atoms with Crippen molar-refractivity contribution in [3.05, 3.63) is 0 Å². The lowest BCUT2D eigenvalue weighted by Crippen LogP contribution is -2.42. The van der Waals surface area contributed by atoms with Crippen LogP contribution in [0.3, 0.4) is 0 Å². The summed E-state index contributed by atoms with van der Waals surface area (Å²) in [5.74, 6) is 0.0167. The molecule has 1 aliphatic rings. The minimum absolute atomic E-state index is 0. The molecule has 0 aromatic heterocycles. The Morgan fingerprint density at radius 3 is 2.73 bits per heavy atom. The van der Waals surface area contributed by atoms with Gasteiger partial charge in [-0.1, -0.05) is 0 Å². The van der Waals surface area contributed by atoms with Crippen LogP contribution in [0.15, 0.2) is 0 Å². The van der Waals surface area contributed by atoms with Gasteiger partial charge in [0.05, 0.1) is 12.1 Å². The van der Waals surface area contributed by atoms with Gasteiger partial charge in [0.25, 0.3) is 0 Å². The molecule has 0 aromatic carbocycles. The molecule has 1 saturated heterocycles. The normalized spacial score (nSPS) is 24.1. The van der Waals surface area contributed by atoms with E-state index >= 15 is 0 Å². The lowest BCUT2D eigenvalue weighted by Gasteiger charge is -2.20. The first-order valence-electron chi connectivity index (χ1n) is 5.26. The summed E-state index contributed by atoms with van der Waals surface area (Å²) in [6.45, 7) is 4.63. The molecule has 0 saturated carbocycles. The summed E-state index contributed by atoms with van der Waals surface area (Å²) in [5, 5.41) is 2.91. The zero-order chi connectivity index (χ0) is 10.6. The van der Waals surface area contributed by atoms with Crippen LogP contribution in [0.1, 0.15) is 33.1 Å². The molecule has 5 heteroatoms. The van der Waals surface area contributed by atoms with Gasteiger partial charge in [0, 0.05) is 19.1 Å². The molecule has 1 aliphatic heterocycles. The molecule has 1 heterocycles. The Morgan fingerprint density at radius 2 is 2.27 bits per heavy atom. The smallest absolute Gasteiger partial charge is 0.221 e. The number of amides is 1. The monoisotopic (exact) mass is 236 g/mol. The van der Waals surface area contributed by atoms with Crippen LogP contribution in [0.2, 0.25) is 0 Å². The van der Waals surface area contributed by atoms with Gasteiger partial charge in [0.15, 0.2) is 0 Å². The molecule has 0 radical (unpaired) electrons. The highest BCUT2D eigenvalue weighted by atomic mass is 35.5. The molecule has 15 heavy (non-hydrogen) atoms. The number of carbonyl (C=O) groups is 1. The molecule has 1 fully saturated rings. The highest BCUT2D eigenvalue weighted by Gasteiger charge is 2.23. The third-order valence-electron chi connectivity index (χ3n) is 2.42. The van der Waals surface area contributed by atoms with Crippen LogP contribution in [-0.4, -0.2) is 30.7 Å². The molecule has 0 aromatic rings. The first kappa shape index (κ1) is 14.7. The van der Waals surface area contributed by atoms with E-state index in [1.165, 1.54) is 0 Å². The largest absolute Gasteiger partial charge is 0.376 e. The number of carbonyl (C=O) groups excluding carboxylic acids is 1. The molecule has 0 aliphatic carbocycles. The third kappa shape index (κ3) is 5.35. The molecule has 4 nitrogen and oxygen atoms in total. The zero-order valence-electron chi connectivity index (χ0n) is 9.36. The molecule has 0 bridgehead atoms. The Bertz CT molecular complexity index is 194.